The van der Waals surface area contributed by atoms with Gasteiger partial charge in [-0.3, -0.25) is 0 Å². The van der Waals surface area contributed by atoms with Crippen molar-refractivity contribution in [2.75, 3.05) is 6.61 Å². The van der Waals surface area contributed by atoms with Gasteiger partial charge in [0.05, 0.1) is 29.1 Å². The number of carboxylic acids is 1. The topological polar surface area (TPSA) is 91.9 Å². The molecule has 0 fully saturated rings. The largest absolute Gasteiger partial charge is 0.488 e. The van der Waals surface area contributed by atoms with Crippen LogP contribution in [0.2, 0.25) is 10.0 Å². The summed E-state index contributed by atoms with van der Waals surface area (Å²) in [5.41, 5.74) is 10.3. The van der Waals surface area contributed by atoms with Crippen LogP contribution in [0.4, 0.5) is 0 Å². The molecule has 0 radical (unpaired) electrons. The highest BCUT2D eigenvalue weighted by Crippen LogP contribution is 2.38. The maximum Gasteiger partial charge on any atom is 0.338 e. The Balaban J connectivity index is 0.000000192. The Bertz CT molecular complexity index is 2850. The van der Waals surface area contributed by atoms with E-state index in [1.807, 2.05) is 133 Å². The zero-order valence-electron chi connectivity index (χ0n) is 35.8. The van der Waals surface area contributed by atoms with Crippen LogP contribution in [0.25, 0.3) is 33.9 Å². The van der Waals surface area contributed by atoms with Crippen LogP contribution in [0.15, 0.2) is 170 Å². The number of nitrogens with zero attached hydrogens (tertiary/aromatic N) is 2. The highest BCUT2D eigenvalue weighted by Gasteiger charge is 2.19. The van der Waals surface area contributed by atoms with Crippen molar-refractivity contribution in [3.05, 3.63) is 214 Å². The smallest absolute Gasteiger partial charge is 0.338 e. The first kappa shape index (κ1) is 45.0. The lowest BCUT2D eigenvalue weighted by atomic mass is 10.1. The molecule has 2 heterocycles. The lowest BCUT2D eigenvalue weighted by molar-refractivity contribution is 0.0525. The monoisotopic (exact) mass is 890 g/mol. The standard InChI is InChI=1S/C28H26ClNO3.C26H22ClNO3/c1-3-23-14-15-26(30(23)24-12-8-11-21(17-24)28(31)32-4-2)25-18-22(29)13-16-27(25)33-19-20-9-6-5-7-10-20;1-2-21-12-13-24(28(21)22-10-6-9-19(15-22)26(29)30)23-16-20(27)11-14-25(23)31-17-18-7-4-3-5-8-18/h5-18H,3-4,19H2,1-2H3;3-16H,2,17H2,1H3,(H,29,30). The minimum absolute atomic E-state index is 0.242. The van der Waals surface area contributed by atoms with Gasteiger partial charge in [0.2, 0.25) is 0 Å². The third-order valence-corrected chi connectivity index (χ3v) is 11.0. The van der Waals surface area contributed by atoms with Crippen LogP contribution in [0.3, 0.4) is 0 Å². The maximum atomic E-state index is 12.3. The molecule has 8 aromatic rings. The van der Waals surface area contributed by atoms with Gasteiger partial charge in [-0.2, -0.15) is 0 Å². The quantitative estimate of drug-likeness (QED) is 0.103. The molecule has 0 saturated carbocycles. The van der Waals surface area contributed by atoms with Crippen LogP contribution >= 0.6 is 23.2 Å². The molecule has 8 nitrogen and oxygen atoms in total. The van der Waals surface area contributed by atoms with E-state index in [1.165, 1.54) is 0 Å². The van der Waals surface area contributed by atoms with Crippen molar-refractivity contribution in [2.45, 2.75) is 46.8 Å². The van der Waals surface area contributed by atoms with Crippen molar-refractivity contribution in [1.29, 1.82) is 0 Å². The Hall–Kier alpha value is -7.00. The number of esters is 1. The molecule has 0 aliphatic heterocycles. The van der Waals surface area contributed by atoms with E-state index in [0.717, 1.165) is 75.0 Å². The number of hydrogen-bond donors (Lipinski definition) is 1. The Kier molecular flexibility index (Phi) is 15.0. The van der Waals surface area contributed by atoms with Gasteiger partial charge in [-0.25, -0.2) is 9.59 Å². The van der Waals surface area contributed by atoms with Gasteiger partial charge in [-0.1, -0.05) is 110 Å². The molecule has 0 atom stereocenters. The number of halogens is 2. The number of aromatic nitrogens is 2. The Labute approximate surface area is 383 Å². The van der Waals surface area contributed by atoms with Gasteiger partial charge in [0, 0.05) is 43.9 Å². The summed E-state index contributed by atoms with van der Waals surface area (Å²) in [7, 11) is 0. The number of ether oxygens (including phenoxy) is 3. The lowest BCUT2D eigenvalue weighted by Crippen LogP contribution is -2.07. The average molecular weight is 892 g/mol. The fourth-order valence-electron chi connectivity index (χ4n) is 7.43. The molecule has 0 aliphatic carbocycles. The first-order chi connectivity index (χ1) is 31.2. The second kappa shape index (κ2) is 21.4. The number of rotatable bonds is 15. The minimum atomic E-state index is -0.955. The van der Waals surface area contributed by atoms with Crippen LogP contribution in [-0.4, -0.2) is 32.8 Å². The molecule has 0 aliphatic rings. The summed E-state index contributed by atoms with van der Waals surface area (Å²) >= 11 is 12.7. The molecule has 1 N–H and O–H groups in total. The molecule has 64 heavy (non-hydrogen) atoms. The summed E-state index contributed by atoms with van der Waals surface area (Å²) in [5.74, 6) is 0.167. The number of hydrogen-bond acceptors (Lipinski definition) is 5. The summed E-state index contributed by atoms with van der Waals surface area (Å²) in [6.45, 7) is 7.21. The normalized spacial score (nSPS) is 10.8. The van der Waals surface area contributed by atoms with E-state index in [0.29, 0.717) is 41.2 Å². The molecule has 0 bridgehead atoms. The van der Waals surface area contributed by atoms with E-state index in [2.05, 4.69) is 35.1 Å². The van der Waals surface area contributed by atoms with Crippen molar-refractivity contribution >= 4 is 35.1 Å². The minimum Gasteiger partial charge on any atom is -0.488 e. The van der Waals surface area contributed by atoms with Gasteiger partial charge >= 0.3 is 11.9 Å². The molecule has 2 aromatic heterocycles. The van der Waals surface area contributed by atoms with Crippen LogP contribution < -0.4 is 9.47 Å². The molecule has 8 rings (SSSR count). The molecule has 0 spiro atoms. The highest BCUT2D eigenvalue weighted by atomic mass is 35.5. The van der Waals surface area contributed by atoms with E-state index in [1.54, 1.807) is 31.2 Å². The second-order valence-electron chi connectivity index (χ2n) is 14.8. The predicted octanol–water partition coefficient (Wildman–Crippen LogP) is 13.8. The van der Waals surface area contributed by atoms with E-state index >= 15 is 0 Å². The SMILES string of the molecule is CCOC(=O)c1cccc(-n2c(CC)ccc2-c2cc(Cl)ccc2OCc2ccccc2)c1.CCc1ccc(-c2cc(Cl)ccc2OCc2ccccc2)n1-c1cccc(C(=O)O)c1. The molecular formula is C54H48Cl2N2O6. The molecule has 0 saturated heterocycles. The van der Waals surface area contributed by atoms with Crippen LogP contribution in [0.1, 0.15) is 64.0 Å². The van der Waals surface area contributed by atoms with Crippen molar-refractivity contribution in [2.24, 2.45) is 0 Å². The summed E-state index contributed by atoms with van der Waals surface area (Å²) in [6, 6.07) is 53.9. The molecule has 0 amide bonds. The van der Waals surface area contributed by atoms with Crippen molar-refractivity contribution in [3.63, 3.8) is 0 Å². The fourth-order valence-corrected chi connectivity index (χ4v) is 7.78. The lowest BCUT2D eigenvalue weighted by Gasteiger charge is -2.17. The molecule has 0 unspecified atom stereocenters. The summed E-state index contributed by atoms with van der Waals surface area (Å²) in [6.07, 6.45) is 1.61. The van der Waals surface area contributed by atoms with Gasteiger partial charge < -0.3 is 28.5 Å². The molecule has 324 valence electrons. The van der Waals surface area contributed by atoms with Crippen LogP contribution in [0.5, 0.6) is 11.5 Å². The van der Waals surface area contributed by atoms with Crippen molar-refractivity contribution in [3.8, 4) is 45.4 Å². The Morgan fingerprint density at radius 3 is 1.41 bits per heavy atom. The van der Waals surface area contributed by atoms with E-state index < -0.39 is 5.97 Å². The van der Waals surface area contributed by atoms with E-state index in [4.69, 9.17) is 37.4 Å². The zero-order chi connectivity index (χ0) is 45.0. The zero-order valence-corrected chi connectivity index (χ0v) is 37.4. The van der Waals surface area contributed by atoms with Gasteiger partial charge in [0.15, 0.2) is 0 Å². The van der Waals surface area contributed by atoms with Gasteiger partial charge in [0.25, 0.3) is 0 Å². The van der Waals surface area contributed by atoms with Crippen molar-refractivity contribution in [1.82, 2.24) is 9.13 Å². The average Bonchev–Trinajstić information content (AvgIpc) is 3.97. The Morgan fingerprint density at radius 2 is 0.969 bits per heavy atom. The van der Waals surface area contributed by atoms with Crippen LogP contribution in [-0.2, 0) is 30.8 Å². The third-order valence-electron chi connectivity index (χ3n) is 10.5. The first-order valence-electron chi connectivity index (χ1n) is 21.1. The van der Waals surface area contributed by atoms with Crippen LogP contribution in [0, 0.1) is 0 Å². The predicted molar refractivity (Wildman–Crippen MR) is 256 cm³/mol. The number of aryl methyl sites for hydroxylation is 2. The summed E-state index contributed by atoms with van der Waals surface area (Å²) in [5, 5.41) is 10.7. The summed E-state index contributed by atoms with van der Waals surface area (Å²) in [4.78, 5) is 23.8. The molecular weight excluding hydrogens is 844 g/mol. The second-order valence-corrected chi connectivity index (χ2v) is 15.6. The fraction of sp³-hybridized carbons (Fsp3) is 0.148. The number of carboxylic acid groups (broad SMARTS) is 1. The van der Waals surface area contributed by atoms with E-state index in [9.17, 15) is 14.7 Å². The number of carbonyl (C=O) groups excluding carboxylic acids is 1. The van der Waals surface area contributed by atoms with Gasteiger partial charge in [-0.15, -0.1) is 0 Å². The number of benzene rings is 6. The molecule has 10 heteroatoms. The Morgan fingerprint density at radius 1 is 0.516 bits per heavy atom. The van der Waals surface area contributed by atoms with Gasteiger partial charge in [-0.05, 0) is 128 Å². The maximum absolute atomic E-state index is 12.3. The van der Waals surface area contributed by atoms with E-state index in [-0.39, 0.29) is 11.5 Å². The summed E-state index contributed by atoms with van der Waals surface area (Å²) < 4.78 is 21.8. The third kappa shape index (κ3) is 10.8. The number of aromatic carboxylic acids is 1. The highest BCUT2D eigenvalue weighted by molar-refractivity contribution is 6.31. The van der Waals surface area contributed by atoms with Gasteiger partial charge in [0.1, 0.15) is 24.7 Å². The van der Waals surface area contributed by atoms with Crippen molar-refractivity contribution < 1.29 is 28.9 Å². The molecule has 6 aromatic carbocycles. The number of carbonyl (C=O) groups is 2. The first-order valence-corrected chi connectivity index (χ1v) is 21.9.